The van der Waals surface area contributed by atoms with Crippen LogP contribution in [-0.4, -0.2) is 10.2 Å². The van der Waals surface area contributed by atoms with E-state index in [1.54, 1.807) is 18.2 Å². The van der Waals surface area contributed by atoms with Crippen LogP contribution in [0.3, 0.4) is 0 Å². The minimum absolute atomic E-state index is 0.154. The Morgan fingerprint density at radius 2 is 1.85 bits per heavy atom. The van der Waals surface area contributed by atoms with E-state index in [9.17, 15) is 4.79 Å². The summed E-state index contributed by atoms with van der Waals surface area (Å²) in [5.41, 5.74) is 6.51. The van der Waals surface area contributed by atoms with E-state index in [-0.39, 0.29) is 5.69 Å². The Morgan fingerprint density at radius 1 is 1.08 bits per heavy atom. The first-order chi connectivity index (χ1) is 6.29. The van der Waals surface area contributed by atoms with E-state index in [0.29, 0.717) is 11.3 Å². The summed E-state index contributed by atoms with van der Waals surface area (Å²) in [6, 6.07) is 8.98. The smallest absolute Gasteiger partial charge is 0.311 e. The van der Waals surface area contributed by atoms with Gasteiger partial charge in [-0.05, 0) is 6.07 Å². The van der Waals surface area contributed by atoms with Crippen LogP contribution in [0.25, 0.3) is 11.3 Å². The van der Waals surface area contributed by atoms with Gasteiger partial charge in [0.2, 0.25) is 0 Å². The second kappa shape index (κ2) is 2.82. The van der Waals surface area contributed by atoms with Crippen molar-refractivity contribution in [2.45, 2.75) is 0 Å². The van der Waals surface area contributed by atoms with Gasteiger partial charge in [-0.3, -0.25) is 4.79 Å². The Bertz CT molecular complexity index is 469. The van der Waals surface area contributed by atoms with E-state index < -0.39 is 5.56 Å². The van der Waals surface area contributed by atoms with Crippen molar-refractivity contribution in [1.29, 1.82) is 0 Å². The molecule has 0 bridgehead atoms. The summed E-state index contributed by atoms with van der Waals surface area (Å²) in [4.78, 5) is 11.0. The normalized spacial score (nSPS) is 10.2. The van der Waals surface area contributed by atoms with Crippen molar-refractivity contribution in [3.63, 3.8) is 0 Å². The van der Waals surface area contributed by atoms with Gasteiger partial charge in [0.25, 0.3) is 0 Å². The first-order valence-electron chi connectivity index (χ1n) is 3.80. The lowest BCUT2D eigenvalue weighted by Crippen LogP contribution is -2.15. The van der Waals surface area contributed by atoms with Crippen LogP contribution < -0.4 is 11.3 Å². The van der Waals surface area contributed by atoms with Gasteiger partial charge in [-0.15, -0.1) is 10.2 Å². The molecule has 0 unspecified atom stereocenters. The first-order valence-corrected chi connectivity index (χ1v) is 3.80. The minimum atomic E-state index is -0.473. The highest BCUT2D eigenvalue weighted by molar-refractivity contribution is 5.72. The van der Waals surface area contributed by atoms with Crippen LogP contribution in [0.5, 0.6) is 0 Å². The van der Waals surface area contributed by atoms with Crippen LogP contribution in [0.15, 0.2) is 35.1 Å². The lowest BCUT2D eigenvalue weighted by atomic mass is 10.2. The highest BCUT2D eigenvalue weighted by Crippen LogP contribution is 2.19. The summed E-state index contributed by atoms with van der Waals surface area (Å²) in [7, 11) is 0. The molecule has 1 aliphatic carbocycles. The van der Waals surface area contributed by atoms with Crippen LogP contribution in [0.1, 0.15) is 0 Å². The number of anilines is 1. The Hall–Kier alpha value is -1.97. The molecule has 1 heterocycles. The van der Waals surface area contributed by atoms with Crippen LogP contribution in [0.4, 0.5) is 5.69 Å². The van der Waals surface area contributed by atoms with Gasteiger partial charge in [0.05, 0.1) is 5.69 Å². The monoisotopic (exact) mass is 173 g/mol. The molecule has 1 aliphatic heterocycles. The van der Waals surface area contributed by atoms with Crippen molar-refractivity contribution in [2.24, 2.45) is 0 Å². The summed E-state index contributed by atoms with van der Waals surface area (Å²) in [5.74, 6) is 0. The molecule has 0 atom stereocenters. The molecule has 13 heavy (non-hydrogen) atoms. The molecule has 2 aliphatic rings. The first kappa shape index (κ1) is 7.67. The van der Waals surface area contributed by atoms with Crippen molar-refractivity contribution in [2.75, 3.05) is 5.73 Å². The number of nitrogen functional groups attached to an aromatic ring is 1. The second-order valence-corrected chi connectivity index (χ2v) is 2.63. The standard InChI is InChI=1S/C9H7N3O/c10-8-6-4-2-1-3-5-7(6)11-12-9(8)13/h1-5H,10H2. The molecule has 0 fully saturated rings. The van der Waals surface area contributed by atoms with Gasteiger partial charge >= 0.3 is 5.56 Å². The molecule has 2 N–H and O–H groups in total. The molecule has 0 saturated carbocycles. The van der Waals surface area contributed by atoms with Gasteiger partial charge in [0.1, 0.15) is 5.69 Å². The number of aromatic nitrogens is 2. The maximum atomic E-state index is 11.0. The van der Waals surface area contributed by atoms with E-state index in [2.05, 4.69) is 10.2 Å². The van der Waals surface area contributed by atoms with Crippen molar-refractivity contribution < 1.29 is 0 Å². The van der Waals surface area contributed by atoms with Gasteiger partial charge in [0.15, 0.2) is 0 Å². The quantitative estimate of drug-likeness (QED) is 0.630. The van der Waals surface area contributed by atoms with Gasteiger partial charge in [-0.25, -0.2) is 0 Å². The van der Waals surface area contributed by atoms with Crippen molar-refractivity contribution in [1.82, 2.24) is 10.2 Å². The molecule has 4 heteroatoms. The molecule has 0 amide bonds. The van der Waals surface area contributed by atoms with E-state index in [0.717, 1.165) is 0 Å². The van der Waals surface area contributed by atoms with Gasteiger partial charge < -0.3 is 5.73 Å². The molecule has 0 aromatic rings. The van der Waals surface area contributed by atoms with E-state index in [4.69, 9.17) is 5.73 Å². The third-order valence-electron chi connectivity index (χ3n) is 1.78. The Morgan fingerprint density at radius 3 is 2.69 bits per heavy atom. The van der Waals surface area contributed by atoms with Crippen LogP contribution >= 0.6 is 0 Å². The molecule has 0 saturated heterocycles. The Labute approximate surface area is 74.4 Å². The molecule has 0 aromatic heterocycles. The number of rotatable bonds is 0. The number of nitrogens with two attached hydrogens (primary N) is 1. The summed E-state index contributed by atoms with van der Waals surface area (Å²) >= 11 is 0. The summed E-state index contributed by atoms with van der Waals surface area (Å²) in [6.07, 6.45) is 0. The van der Waals surface area contributed by atoms with Gasteiger partial charge in [0, 0.05) is 5.56 Å². The van der Waals surface area contributed by atoms with Crippen LogP contribution in [0.2, 0.25) is 0 Å². The zero-order chi connectivity index (χ0) is 9.26. The van der Waals surface area contributed by atoms with Crippen molar-refractivity contribution in [3.05, 3.63) is 40.7 Å². The highest BCUT2D eigenvalue weighted by atomic mass is 16.1. The summed E-state index contributed by atoms with van der Waals surface area (Å²) in [5, 5.41) is 7.14. The highest BCUT2D eigenvalue weighted by Gasteiger charge is 2.07. The number of hydrogen-bond acceptors (Lipinski definition) is 4. The largest absolute Gasteiger partial charge is 0.394 e. The molecule has 0 aromatic carbocycles. The van der Waals surface area contributed by atoms with E-state index in [1.807, 2.05) is 12.1 Å². The predicted octanol–water partition coefficient (Wildman–Crippen LogP) is 0.524. The van der Waals surface area contributed by atoms with Crippen LogP contribution in [-0.2, 0) is 0 Å². The fraction of sp³-hybridized carbons (Fsp3) is 0. The Balaban J connectivity index is 2.90. The molecule has 4 nitrogen and oxygen atoms in total. The SMILES string of the molecule is Nc1c2cccccc-2nnc1=O. The maximum absolute atomic E-state index is 11.0. The zero-order valence-electron chi connectivity index (χ0n) is 6.77. The number of fused-ring (bicyclic) bond motifs is 1. The molecule has 0 spiro atoms. The molecule has 0 radical (unpaired) electrons. The lowest BCUT2D eigenvalue weighted by Gasteiger charge is -1.99. The third-order valence-corrected chi connectivity index (χ3v) is 1.78. The van der Waals surface area contributed by atoms with Gasteiger partial charge in [-0.1, -0.05) is 24.3 Å². The molecular weight excluding hydrogens is 166 g/mol. The topological polar surface area (TPSA) is 68.9 Å². The van der Waals surface area contributed by atoms with E-state index >= 15 is 0 Å². The molecular formula is C9H7N3O. The fourth-order valence-corrected chi connectivity index (χ4v) is 1.12. The maximum Gasteiger partial charge on any atom is 0.311 e. The van der Waals surface area contributed by atoms with Crippen molar-refractivity contribution in [3.8, 4) is 11.3 Å². The molecule has 2 rings (SSSR count). The van der Waals surface area contributed by atoms with Crippen LogP contribution in [0, 0.1) is 0 Å². The number of hydrogen-bond donors (Lipinski definition) is 1. The zero-order valence-corrected chi connectivity index (χ0v) is 6.77. The average molecular weight is 173 g/mol. The molecule has 64 valence electrons. The fourth-order valence-electron chi connectivity index (χ4n) is 1.12. The average Bonchev–Trinajstić information content (AvgIpc) is 2.36. The lowest BCUT2D eigenvalue weighted by molar-refractivity contribution is 0.999. The summed E-state index contributed by atoms with van der Waals surface area (Å²) in [6.45, 7) is 0. The van der Waals surface area contributed by atoms with Crippen molar-refractivity contribution >= 4 is 5.69 Å². The van der Waals surface area contributed by atoms with Gasteiger partial charge in [-0.2, -0.15) is 0 Å². The van der Waals surface area contributed by atoms with E-state index in [1.165, 1.54) is 0 Å². The Kier molecular flexibility index (Phi) is 1.66. The number of nitrogens with zero attached hydrogens (tertiary/aromatic N) is 2. The second-order valence-electron chi connectivity index (χ2n) is 2.63. The third kappa shape index (κ3) is 1.22. The predicted molar refractivity (Wildman–Crippen MR) is 49.3 cm³/mol. The summed E-state index contributed by atoms with van der Waals surface area (Å²) < 4.78 is 0. The minimum Gasteiger partial charge on any atom is -0.394 e.